The molecule has 4 heterocycles. The van der Waals surface area contributed by atoms with Gasteiger partial charge in [-0.3, -0.25) is 18.7 Å². The maximum Gasteiger partial charge on any atom is 0.490 e. The van der Waals surface area contributed by atoms with Crippen LogP contribution in [0.3, 0.4) is 0 Å². The number of hydrogen-bond acceptors (Lipinski definition) is 9. The molecule has 2 atom stereocenters. The Labute approximate surface area is 260 Å². The number of ketones is 1. The van der Waals surface area contributed by atoms with Crippen LogP contribution >= 0.6 is 0 Å². The molecule has 0 aliphatic carbocycles. The van der Waals surface area contributed by atoms with Crippen LogP contribution in [0.1, 0.15) is 47.9 Å². The van der Waals surface area contributed by atoms with E-state index in [4.69, 9.17) is 19.6 Å². The fraction of sp³-hybridized carbons (Fsp3) is 0.467. The van der Waals surface area contributed by atoms with E-state index in [-0.39, 0.29) is 34.9 Å². The first-order valence-corrected chi connectivity index (χ1v) is 14.6. The summed E-state index contributed by atoms with van der Waals surface area (Å²) < 4.78 is 40.9. The van der Waals surface area contributed by atoms with Crippen LogP contribution in [0.4, 0.5) is 19.1 Å². The number of anilines is 1. The number of halogens is 3. The minimum absolute atomic E-state index is 0.0972. The average Bonchev–Trinajstić information content (AvgIpc) is 3.72. The number of rotatable bonds is 8. The van der Waals surface area contributed by atoms with E-state index in [2.05, 4.69) is 10.2 Å². The highest BCUT2D eigenvalue weighted by atomic mass is 19.4. The summed E-state index contributed by atoms with van der Waals surface area (Å²) in [5.41, 5.74) is 0.602. The van der Waals surface area contributed by atoms with E-state index in [9.17, 15) is 32.3 Å². The van der Waals surface area contributed by atoms with Gasteiger partial charge >= 0.3 is 23.8 Å². The molecule has 2 aromatic heterocycles. The number of carbonyl (C=O) groups is 3. The lowest BCUT2D eigenvalue weighted by Crippen LogP contribution is -2.41. The molecule has 46 heavy (non-hydrogen) atoms. The van der Waals surface area contributed by atoms with Crippen molar-refractivity contribution >= 4 is 34.8 Å². The smallest absolute Gasteiger partial charge is 0.475 e. The third-order valence-corrected chi connectivity index (χ3v) is 7.86. The number of aryl methyl sites for hydroxylation is 1. The first-order valence-electron chi connectivity index (χ1n) is 14.6. The maximum atomic E-state index is 13.9. The van der Waals surface area contributed by atoms with Gasteiger partial charge in [0.2, 0.25) is 5.95 Å². The van der Waals surface area contributed by atoms with Gasteiger partial charge in [-0.15, -0.1) is 0 Å². The SMILES string of the molecule is CCOC(=O)c1ccccc1C(=O)Cn1c(=O)c2c(nc(N3CCC4CNCC43)n2CC=C(C)C)n(C)c1=O.O=C(O)C(F)(F)F. The van der Waals surface area contributed by atoms with Crippen LogP contribution in [0.15, 0.2) is 45.5 Å². The Hall–Kier alpha value is -4.73. The summed E-state index contributed by atoms with van der Waals surface area (Å²) in [5.74, 6) is -2.76. The van der Waals surface area contributed by atoms with Crippen molar-refractivity contribution in [3.8, 4) is 0 Å². The number of nitrogens with one attached hydrogen (secondary N) is 1. The standard InChI is InChI=1S/C28H34N6O5.C2HF3O2/c1-5-39-26(37)20-9-7-6-8-19(20)22(35)16-34-25(36)23-24(31(4)28(34)38)30-27(33(23)12-10-17(2)3)32-13-11-18-14-29-15-21(18)32;3-2(4,5)1(6)7/h6-10,18,21,29H,5,11-16H2,1-4H3;(H,6,7). The zero-order chi connectivity index (χ0) is 33.9. The van der Waals surface area contributed by atoms with Crippen LogP contribution in [0.2, 0.25) is 0 Å². The predicted molar refractivity (Wildman–Crippen MR) is 161 cm³/mol. The molecule has 16 heteroatoms. The lowest BCUT2D eigenvalue weighted by atomic mass is 10.0. The molecule has 2 unspecified atom stereocenters. The van der Waals surface area contributed by atoms with Gasteiger partial charge in [-0.25, -0.2) is 14.4 Å². The summed E-state index contributed by atoms with van der Waals surface area (Å²) >= 11 is 0. The molecular formula is C30H35F3N6O7. The molecule has 0 saturated carbocycles. The lowest BCUT2D eigenvalue weighted by molar-refractivity contribution is -0.192. The van der Waals surface area contributed by atoms with Gasteiger partial charge in [-0.05, 0) is 39.2 Å². The molecule has 0 amide bonds. The van der Waals surface area contributed by atoms with Crippen LogP contribution in [0.25, 0.3) is 11.2 Å². The predicted octanol–water partition coefficient (Wildman–Crippen LogP) is 2.35. The molecule has 2 N–H and O–H groups in total. The first-order chi connectivity index (χ1) is 21.7. The number of esters is 1. The highest BCUT2D eigenvalue weighted by molar-refractivity contribution is 6.06. The zero-order valence-corrected chi connectivity index (χ0v) is 25.8. The van der Waals surface area contributed by atoms with E-state index in [0.29, 0.717) is 18.4 Å². The molecule has 2 aliphatic rings. The van der Waals surface area contributed by atoms with Crippen molar-refractivity contribution < 1.29 is 37.4 Å². The number of fused-ring (bicyclic) bond motifs is 2. The van der Waals surface area contributed by atoms with Crippen LogP contribution in [0, 0.1) is 5.92 Å². The molecule has 248 valence electrons. The van der Waals surface area contributed by atoms with Gasteiger partial charge in [-0.2, -0.15) is 18.2 Å². The number of alkyl halides is 3. The number of imidazole rings is 1. The second kappa shape index (κ2) is 13.7. The molecule has 2 aliphatic heterocycles. The van der Waals surface area contributed by atoms with E-state index < -0.39 is 41.7 Å². The van der Waals surface area contributed by atoms with Crippen LogP contribution in [-0.4, -0.2) is 80.0 Å². The van der Waals surface area contributed by atoms with Crippen molar-refractivity contribution in [2.75, 3.05) is 31.1 Å². The molecule has 2 fully saturated rings. The van der Waals surface area contributed by atoms with Crippen molar-refractivity contribution in [2.24, 2.45) is 13.0 Å². The largest absolute Gasteiger partial charge is 0.490 e. The van der Waals surface area contributed by atoms with E-state index in [1.54, 1.807) is 26.1 Å². The molecule has 13 nitrogen and oxygen atoms in total. The van der Waals surface area contributed by atoms with Crippen molar-refractivity contribution in [1.29, 1.82) is 0 Å². The number of nitrogens with zero attached hydrogens (tertiary/aromatic N) is 5. The van der Waals surface area contributed by atoms with Crippen LogP contribution < -0.4 is 21.5 Å². The normalized spacial score (nSPS) is 17.3. The lowest BCUT2D eigenvalue weighted by Gasteiger charge is -2.25. The average molecular weight is 649 g/mol. The van der Waals surface area contributed by atoms with Gasteiger partial charge in [0.05, 0.1) is 18.7 Å². The minimum atomic E-state index is -5.08. The Morgan fingerprint density at radius 1 is 1.11 bits per heavy atom. The fourth-order valence-electron chi connectivity index (χ4n) is 5.60. The zero-order valence-electron chi connectivity index (χ0n) is 25.8. The summed E-state index contributed by atoms with van der Waals surface area (Å²) in [4.78, 5) is 69.0. The van der Waals surface area contributed by atoms with Gasteiger partial charge in [0.1, 0.15) is 0 Å². The Kier molecular flexibility index (Phi) is 10.2. The number of aromatic nitrogens is 4. The monoisotopic (exact) mass is 648 g/mol. The third kappa shape index (κ3) is 6.90. The summed E-state index contributed by atoms with van der Waals surface area (Å²) in [6.45, 7) is 8.31. The molecule has 3 aromatic rings. The Bertz CT molecular complexity index is 1800. The first kappa shape index (κ1) is 34.1. The quantitative estimate of drug-likeness (QED) is 0.211. The highest BCUT2D eigenvalue weighted by Gasteiger charge is 2.40. The van der Waals surface area contributed by atoms with Gasteiger partial charge in [0.25, 0.3) is 5.56 Å². The van der Waals surface area contributed by atoms with Gasteiger partial charge in [0, 0.05) is 44.8 Å². The fourth-order valence-corrected chi connectivity index (χ4v) is 5.60. The summed E-state index contributed by atoms with van der Waals surface area (Å²) in [6.07, 6.45) is -2.04. The van der Waals surface area contributed by atoms with Crippen LogP contribution in [0.5, 0.6) is 0 Å². The highest BCUT2D eigenvalue weighted by Crippen LogP contribution is 2.33. The van der Waals surface area contributed by atoms with Crippen molar-refractivity contribution in [3.63, 3.8) is 0 Å². The number of carbonyl (C=O) groups excluding carboxylic acids is 2. The molecular weight excluding hydrogens is 613 g/mol. The van der Waals surface area contributed by atoms with Crippen molar-refractivity contribution in [1.82, 2.24) is 24.0 Å². The second-order valence-corrected chi connectivity index (χ2v) is 11.2. The van der Waals surface area contributed by atoms with Crippen molar-refractivity contribution in [2.45, 2.75) is 52.5 Å². The van der Waals surface area contributed by atoms with Crippen LogP contribution in [-0.2, 0) is 29.7 Å². The maximum absolute atomic E-state index is 13.9. The van der Waals surface area contributed by atoms with Gasteiger partial charge in [0.15, 0.2) is 16.9 Å². The Morgan fingerprint density at radius 2 is 1.76 bits per heavy atom. The van der Waals surface area contributed by atoms with E-state index in [1.165, 1.54) is 16.7 Å². The second-order valence-electron chi connectivity index (χ2n) is 11.2. The summed E-state index contributed by atoms with van der Waals surface area (Å²) in [7, 11) is 1.56. The number of aliphatic carboxylic acids is 1. The molecule has 0 spiro atoms. The Balaban J connectivity index is 0.000000617. The number of carboxylic acids is 1. The van der Waals surface area contributed by atoms with Gasteiger partial charge < -0.3 is 24.6 Å². The molecule has 5 rings (SSSR count). The van der Waals surface area contributed by atoms with Gasteiger partial charge in [-0.1, -0.05) is 29.8 Å². The number of Topliss-reactive ketones (excluding diaryl/α,β-unsaturated/α-hetero) is 1. The van der Waals surface area contributed by atoms with E-state index in [1.807, 2.05) is 24.5 Å². The molecule has 1 aromatic carbocycles. The molecule has 2 saturated heterocycles. The number of benzene rings is 1. The molecule has 0 radical (unpaired) electrons. The number of allylic oxidation sites excluding steroid dienone is 2. The van der Waals surface area contributed by atoms with E-state index >= 15 is 0 Å². The topological polar surface area (TPSA) is 158 Å². The summed E-state index contributed by atoms with van der Waals surface area (Å²) in [5, 5.41) is 10.6. The summed E-state index contributed by atoms with van der Waals surface area (Å²) in [6, 6.07) is 6.53. The van der Waals surface area contributed by atoms with E-state index in [0.717, 1.165) is 36.2 Å². The number of hydrogen-bond donors (Lipinski definition) is 2. The molecule has 0 bridgehead atoms. The van der Waals surface area contributed by atoms with Crippen molar-refractivity contribution in [3.05, 3.63) is 67.9 Å². The number of carboxylic acid groups (broad SMARTS) is 1. The minimum Gasteiger partial charge on any atom is -0.475 e. The Morgan fingerprint density at radius 3 is 2.37 bits per heavy atom. The number of ether oxygens (including phenoxy) is 1. The third-order valence-electron chi connectivity index (χ3n) is 7.86.